The Hall–Kier alpha value is -1.82. The summed E-state index contributed by atoms with van der Waals surface area (Å²) in [6.07, 6.45) is 2.31. The predicted molar refractivity (Wildman–Crippen MR) is 118 cm³/mol. The minimum Gasteiger partial charge on any atom is -0.378 e. The summed E-state index contributed by atoms with van der Waals surface area (Å²) in [5, 5.41) is 0.0886. The van der Waals surface area contributed by atoms with Crippen LogP contribution in [0.15, 0.2) is 16.0 Å². The fourth-order valence-corrected chi connectivity index (χ4v) is 7.87. The third-order valence-electron chi connectivity index (χ3n) is 5.90. The van der Waals surface area contributed by atoms with E-state index in [1.165, 1.54) is 26.5 Å². The van der Waals surface area contributed by atoms with Crippen LogP contribution in [0.1, 0.15) is 25.1 Å². The van der Waals surface area contributed by atoms with Gasteiger partial charge in [0.25, 0.3) is 5.56 Å². The van der Waals surface area contributed by atoms with E-state index < -0.39 is 15.6 Å². The number of ether oxygens (including phenoxy) is 1. The smallest absolute Gasteiger partial charge is 0.263 e. The second-order valence-electron chi connectivity index (χ2n) is 8.61. The van der Waals surface area contributed by atoms with E-state index in [0.717, 1.165) is 6.42 Å². The van der Waals surface area contributed by atoms with Gasteiger partial charge in [0.2, 0.25) is 15.9 Å². The molecule has 4 rings (SSSR count). The van der Waals surface area contributed by atoms with Crippen molar-refractivity contribution in [3.05, 3.63) is 21.6 Å². The van der Waals surface area contributed by atoms with Crippen molar-refractivity contribution in [1.29, 1.82) is 0 Å². The van der Waals surface area contributed by atoms with Crippen LogP contribution < -0.4 is 5.56 Å². The van der Waals surface area contributed by atoms with Crippen LogP contribution in [-0.2, 0) is 26.1 Å². The molecule has 2 aromatic heterocycles. The maximum absolute atomic E-state index is 13.6. The number of fused-ring (bicyclic) bond motifs is 1. The lowest BCUT2D eigenvalue weighted by Gasteiger charge is -2.34. The van der Waals surface area contributed by atoms with Crippen LogP contribution in [0.2, 0.25) is 0 Å². The third-order valence-corrected chi connectivity index (χ3v) is 9.05. The lowest BCUT2D eigenvalue weighted by atomic mass is 9.94. The van der Waals surface area contributed by atoms with E-state index in [1.54, 1.807) is 11.8 Å². The number of thiophene rings is 1. The topological polar surface area (TPSA) is 102 Å². The number of aromatic nitrogens is 2. The van der Waals surface area contributed by atoms with Gasteiger partial charge >= 0.3 is 0 Å². The number of carbonyl (C=O) groups is 1. The summed E-state index contributed by atoms with van der Waals surface area (Å²) in [7, 11) is -3.85. The summed E-state index contributed by atoms with van der Waals surface area (Å²) in [6, 6.07) is 0. The molecule has 2 fully saturated rings. The van der Waals surface area contributed by atoms with E-state index in [-0.39, 0.29) is 34.6 Å². The Balaban J connectivity index is 1.73. The second-order valence-corrected chi connectivity index (χ2v) is 11.7. The highest BCUT2D eigenvalue weighted by Gasteiger charge is 2.36. The maximum atomic E-state index is 13.6. The molecular weight excluding hydrogens is 440 g/mol. The van der Waals surface area contributed by atoms with Gasteiger partial charge in [-0.15, -0.1) is 11.3 Å². The normalized spacial score (nSPS) is 23.4. The molecule has 0 aliphatic carbocycles. The van der Waals surface area contributed by atoms with Gasteiger partial charge in [0.05, 0.1) is 24.9 Å². The lowest BCUT2D eigenvalue weighted by molar-refractivity contribution is -0.135. The molecule has 0 N–H and O–H groups in total. The first kappa shape index (κ1) is 22.4. The highest BCUT2D eigenvalue weighted by molar-refractivity contribution is 7.89. The van der Waals surface area contributed by atoms with Gasteiger partial charge in [-0.1, -0.05) is 13.8 Å². The first-order valence-electron chi connectivity index (χ1n) is 10.5. The zero-order valence-electron chi connectivity index (χ0n) is 18.0. The third kappa shape index (κ3) is 4.28. The quantitative estimate of drug-likeness (QED) is 0.670. The molecule has 1 amide bonds. The van der Waals surface area contributed by atoms with Gasteiger partial charge in [-0.05, 0) is 25.2 Å². The number of carbonyl (C=O) groups excluding carboxylic acids is 1. The molecule has 2 aliphatic rings. The molecule has 0 saturated carbocycles. The van der Waals surface area contributed by atoms with Crippen molar-refractivity contribution in [3.63, 3.8) is 0 Å². The van der Waals surface area contributed by atoms with Gasteiger partial charge in [0.1, 0.15) is 16.3 Å². The van der Waals surface area contributed by atoms with Crippen LogP contribution in [-0.4, -0.2) is 72.5 Å². The number of hydrogen-bond acceptors (Lipinski definition) is 7. The summed E-state index contributed by atoms with van der Waals surface area (Å²) in [5.41, 5.74) is -0.493. The summed E-state index contributed by atoms with van der Waals surface area (Å²) in [6.45, 7) is 8.39. The number of sulfonamides is 1. The number of nitrogens with zero attached hydrogens (tertiary/aromatic N) is 4. The largest absolute Gasteiger partial charge is 0.378 e. The SMILES string of the molecule is Cc1sc2ncn(CC(=O)N3CCOCC3)c(=O)c2c1S(=O)(=O)N1CC(C)CC(C)C1. The number of hydrogen-bond donors (Lipinski definition) is 0. The number of aryl methyl sites for hydroxylation is 1. The van der Waals surface area contributed by atoms with Crippen LogP contribution >= 0.6 is 11.3 Å². The number of rotatable bonds is 4. The molecule has 2 atom stereocenters. The first-order valence-corrected chi connectivity index (χ1v) is 12.8. The number of piperidine rings is 1. The van der Waals surface area contributed by atoms with Crippen molar-refractivity contribution in [1.82, 2.24) is 18.8 Å². The zero-order chi connectivity index (χ0) is 22.3. The summed E-state index contributed by atoms with van der Waals surface area (Å²) < 4.78 is 35.1. The minimum atomic E-state index is -3.85. The Morgan fingerprint density at radius 1 is 1.23 bits per heavy atom. The Labute approximate surface area is 185 Å². The van der Waals surface area contributed by atoms with Crippen molar-refractivity contribution in [2.24, 2.45) is 11.8 Å². The van der Waals surface area contributed by atoms with E-state index in [0.29, 0.717) is 49.1 Å². The van der Waals surface area contributed by atoms with E-state index >= 15 is 0 Å². The van der Waals surface area contributed by atoms with E-state index in [9.17, 15) is 18.0 Å². The molecular formula is C20H28N4O5S2. The van der Waals surface area contributed by atoms with Crippen LogP contribution in [0.4, 0.5) is 0 Å². The van der Waals surface area contributed by atoms with Gasteiger partial charge < -0.3 is 9.64 Å². The van der Waals surface area contributed by atoms with Crippen molar-refractivity contribution in [2.45, 2.75) is 38.6 Å². The molecule has 170 valence electrons. The van der Waals surface area contributed by atoms with E-state index in [4.69, 9.17) is 4.74 Å². The highest BCUT2D eigenvalue weighted by Crippen LogP contribution is 2.35. The van der Waals surface area contributed by atoms with Gasteiger partial charge in [0.15, 0.2) is 0 Å². The monoisotopic (exact) mass is 468 g/mol. The molecule has 2 aromatic rings. The molecule has 4 heterocycles. The second kappa shape index (κ2) is 8.61. The first-order chi connectivity index (χ1) is 14.7. The molecule has 2 unspecified atom stereocenters. The predicted octanol–water partition coefficient (Wildman–Crippen LogP) is 1.29. The average Bonchev–Trinajstić information content (AvgIpc) is 3.07. The van der Waals surface area contributed by atoms with Crippen LogP contribution in [0, 0.1) is 18.8 Å². The maximum Gasteiger partial charge on any atom is 0.263 e. The Kier molecular flexibility index (Phi) is 6.21. The van der Waals surface area contributed by atoms with Gasteiger partial charge in [-0.3, -0.25) is 14.2 Å². The standard InChI is InChI=1S/C20H28N4O5S2/c1-13-8-14(2)10-24(9-13)31(27,28)18-15(3)30-19-17(18)20(26)23(12-21-19)11-16(25)22-4-6-29-7-5-22/h12-14H,4-11H2,1-3H3. The van der Waals surface area contributed by atoms with Crippen molar-refractivity contribution < 1.29 is 17.9 Å². The Morgan fingerprint density at radius 3 is 2.52 bits per heavy atom. The summed E-state index contributed by atoms with van der Waals surface area (Å²) in [4.78, 5) is 32.8. The van der Waals surface area contributed by atoms with Crippen LogP contribution in [0.25, 0.3) is 10.2 Å². The molecule has 9 nitrogen and oxygen atoms in total. The number of morpholine rings is 1. The summed E-state index contributed by atoms with van der Waals surface area (Å²) >= 11 is 1.20. The van der Waals surface area contributed by atoms with Crippen LogP contribution in [0.3, 0.4) is 0 Å². The van der Waals surface area contributed by atoms with Gasteiger partial charge in [-0.25, -0.2) is 13.4 Å². The average molecular weight is 469 g/mol. The molecule has 11 heteroatoms. The van der Waals surface area contributed by atoms with Crippen molar-refractivity contribution >= 4 is 37.5 Å². The Morgan fingerprint density at radius 2 is 1.87 bits per heavy atom. The lowest BCUT2D eigenvalue weighted by Crippen LogP contribution is -2.44. The van der Waals surface area contributed by atoms with E-state index in [2.05, 4.69) is 4.98 Å². The molecule has 0 spiro atoms. The minimum absolute atomic E-state index is 0.0412. The van der Waals surface area contributed by atoms with E-state index in [1.807, 2.05) is 13.8 Å². The fourth-order valence-electron chi connectivity index (χ4n) is 4.53. The van der Waals surface area contributed by atoms with Crippen molar-refractivity contribution in [3.8, 4) is 0 Å². The zero-order valence-corrected chi connectivity index (χ0v) is 19.7. The Bertz CT molecular complexity index is 1140. The van der Waals surface area contributed by atoms with Crippen molar-refractivity contribution in [2.75, 3.05) is 39.4 Å². The molecule has 0 aromatic carbocycles. The fraction of sp³-hybridized carbons (Fsp3) is 0.650. The molecule has 0 bridgehead atoms. The summed E-state index contributed by atoms with van der Waals surface area (Å²) in [5.74, 6) is 0.302. The molecule has 2 aliphatic heterocycles. The van der Waals surface area contributed by atoms with Gasteiger partial charge in [-0.2, -0.15) is 4.31 Å². The number of amides is 1. The highest BCUT2D eigenvalue weighted by atomic mass is 32.2. The molecule has 2 saturated heterocycles. The van der Waals surface area contributed by atoms with Gasteiger partial charge in [0, 0.05) is 31.1 Å². The molecule has 31 heavy (non-hydrogen) atoms. The molecule has 0 radical (unpaired) electrons. The van der Waals surface area contributed by atoms with Crippen LogP contribution in [0.5, 0.6) is 0 Å².